The molecule has 104 valence electrons. The zero-order chi connectivity index (χ0) is 14.6. The number of rotatable bonds is 6. The van der Waals surface area contributed by atoms with Crippen LogP contribution in [0.15, 0.2) is 18.2 Å². The second kappa shape index (κ2) is 6.17. The van der Waals surface area contributed by atoms with Crippen LogP contribution in [0, 0.1) is 22.0 Å². The number of nitro groups is 1. The van der Waals surface area contributed by atoms with E-state index in [1.807, 2.05) is 13.8 Å². The maximum atomic E-state index is 11.1. The van der Waals surface area contributed by atoms with Crippen LogP contribution in [0.4, 0.5) is 5.69 Å². The molecule has 0 aliphatic rings. The van der Waals surface area contributed by atoms with Gasteiger partial charge in [-0.3, -0.25) is 14.9 Å². The maximum absolute atomic E-state index is 11.1. The number of ether oxygens (including phenoxy) is 1. The molecule has 0 radical (unpaired) electrons. The molecule has 19 heavy (non-hydrogen) atoms. The molecule has 1 aromatic carbocycles. The van der Waals surface area contributed by atoms with Crippen molar-refractivity contribution in [2.24, 2.45) is 11.8 Å². The summed E-state index contributed by atoms with van der Waals surface area (Å²) in [5, 5.41) is 20.0. The SMILES string of the molecule is COc1ccc(CC(C(=O)O)C(C)C)cc1[N+](=O)[O-]. The van der Waals surface area contributed by atoms with Gasteiger partial charge in [0, 0.05) is 6.07 Å². The second-order valence-electron chi connectivity index (χ2n) is 4.66. The molecule has 0 aliphatic heterocycles. The summed E-state index contributed by atoms with van der Waals surface area (Å²) in [6.07, 6.45) is 0.262. The van der Waals surface area contributed by atoms with Crippen LogP contribution in [0.2, 0.25) is 0 Å². The summed E-state index contributed by atoms with van der Waals surface area (Å²) >= 11 is 0. The van der Waals surface area contributed by atoms with Crippen molar-refractivity contribution in [1.82, 2.24) is 0 Å². The Kier molecular flexibility index (Phi) is 4.86. The van der Waals surface area contributed by atoms with Gasteiger partial charge in [0.2, 0.25) is 0 Å². The summed E-state index contributed by atoms with van der Waals surface area (Å²) < 4.78 is 4.90. The fraction of sp³-hybridized carbons (Fsp3) is 0.462. The minimum atomic E-state index is -0.895. The van der Waals surface area contributed by atoms with Crippen molar-refractivity contribution in [3.63, 3.8) is 0 Å². The highest BCUT2D eigenvalue weighted by Crippen LogP contribution is 2.29. The second-order valence-corrected chi connectivity index (χ2v) is 4.66. The van der Waals surface area contributed by atoms with E-state index in [2.05, 4.69) is 0 Å². The third kappa shape index (κ3) is 3.67. The highest BCUT2D eigenvalue weighted by Gasteiger charge is 2.23. The third-order valence-corrected chi connectivity index (χ3v) is 3.02. The molecule has 0 heterocycles. The topological polar surface area (TPSA) is 89.7 Å². The van der Waals surface area contributed by atoms with Crippen molar-refractivity contribution in [3.05, 3.63) is 33.9 Å². The van der Waals surface area contributed by atoms with Crippen molar-refractivity contribution in [3.8, 4) is 5.75 Å². The Morgan fingerprint density at radius 3 is 2.53 bits per heavy atom. The number of methoxy groups -OCH3 is 1. The predicted octanol–water partition coefficient (Wildman–Crippen LogP) is 2.50. The van der Waals surface area contributed by atoms with Crippen LogP contribution in [-0.2, 0) is 11.2 Å². The molecule has 1 rings (SSSR count). The number of benzene rings is 1. The Balaban J connectivity index is 3.05. The molecule has 0 fully saturated rings. The number of hydrogen-bond acceptors (Lipinski definition) is 4. The first-order valence-electron chi connectivity index (χ1n) is 5.91. The van der Waals surface area contributed by atoms with Gasteiger partial charge in [-0.2, -0.15) is 0 Å². The van der Waals surface area contributed by atoms with Crippen LogP contribution in [0.1, 0.15) is 19.4 Å². The van der Waals surface area contributed by atoms with E-state index in [0.29, 0.717) is 5.56 Å². The fourth-order valence-corrected chi connectivity index (χ4v) is 1.87. The molecule has 6 heteroatoms. The van der Waals surface area contributed by atoms with Crippen LogP contribution in [0.3, 0.4) is 0 Å². The summed E-state index contributed by atoms with van der Waals surface area (Å²) in [4.78, 5) is 21.5. The number of nitro benzene ring substituents is 1. The lowest BCUT2D eigenvalue weighted by molar-refractivity contribution is -0.385. The summed E-state index contributed by atoms with van der Waals surface area (Å²) in [7, 11) is 1.36. The van der Waals surface area contributed by atoms with Crippen LogP contribution in [0.5, 0.6) is 5.75 Å². The molecular weight excluding hydrogens is 250 g/mol. The van der Waals surface area contributed by atoms with E-state index in [1.54, 1.807) is 6.07 Å². The molecule has 1 atom stereocenters. The highest BCUT2D eigenvalue weighted by atomic mass is 16.6. The van der Waals surface area contributed by atoms with Crippen molar-refractivity contribution in [1.29, 1.82) is 0 Å². The van der Waals surface area contributed by atoms with E-state index in [9.17, 15) is 14.9 Å². The lowest BCUT2D eigenvalue weighted by Crippen LogP contribution is -2.22. The molecule has 1 aromatic rings. The zero-order valence-electron chi connectivity index (χ0n) is 11.1. The normalized spacial score (nSPS) is 12.2. The molecule has 0 aromatic heterocycles. The van der Waals surface area contributed by atoms with Crippen LogP contribution in [0.25, 0.3) is 0 Å². The third-order valence-electron chi connectivity index (χ3n) is 3.02. The molecule has 6 nitrogen and oxygen atoms in total. The molecule has 0 saturated heterocycles. The molecule has 0 aliphatic carbocycles. The van der Waals surface area contributed by atoms with Crippen molar-refractivity contribution >= 4 is 11.7 Å². The van der Waals surface area contributed by atoms with Crippen molar-refractivity contribution in [2.45, 2.75) is 20.3 Å². The number of hydrogen-bond donors (Lipinski definition) is 1. The van der Waals surface area contributed by atoms with E-state index in [-0.39, 0.29) is 23.8 Å². The highest BCUT2D eigenvalue weighted by molar-refractivity contribution is 5.70. The Morgan fingerprint density at radius 1 is 1.47 bits per heavy atom. The number of carboxylic acids is 1. The Labute approximate surface area is 111 Å². The number of nitrogens with zero attached hydrogens (tertiary/aromatic N) is 1. The van der Waals surface area contributed by atoms with E-state index in [1.165, 1.54) is 19.2 Å². The van der Waals surface area contributed by atoms with Gasteiger partial charge in [-0.15, -0.1) is 0 Å². The minimum Gasteiger partial charge on any atom is -0.490 e. The summed E-state index contributed by atoms with van der Waals surface area (Å²) in [5.41, 5.74) is 0.474. The van der Waals surface area contributed by atoms with Crippen LogP contribution >= 0.6 is 0 Å². The minimum absolute atomic E-state index is 0.0429. The smallest absolute Gasteiger partial charge is 0.311 e. The average Bonchev–Trinajstić information content (AvgIpc) is 2.34. The lowest BCUT2D eigenvalue weighted by atomic mass is 9.89. The van der Waals surface area contributed by atoms with E-state index < -0.39 is 16.8 Å². The monoisotopic (exact) mass is 267 g/mol. The number of carbonyl (C=O) groups is 1. The maximum Gasteiger partial charge on any atom is 0.311 e. The van der Waals surface area contributed by atoms with Crippen LogP contribution in [-0.4, -0.2) is 23.1 Å². The van der Waals surface area contributed by atoms with Gasteiger partial charge in [0.25, 0.3) is 0 Å². The van der Waals surface area contributed by atoms with Crippen LogP contribution < -0.4 is 4.74 Å². The van der Waals surface area contributed by atoms with E-state index in [0.717, 1.165) is 0 Å². The van der Waals surface area contributed by atoms with Gasteiger partial charge in [0.1, 0.15) is 0 Å². The molecule has 0 saturated carbocycles. The summed E-state index contributed by atoms with van der Waals surface area (Å²) in [5.74, 6) is -1.33. The molecular formula is C13H17NO5. The van der Waals surface area contributed by atoms with Gasteiger partial charge in [0.15, 0.2) is 5.75 Å². The standard InChI is InChI=1S/C13H17NO5/c1-8(2)10(13(15)16)6-9-4-5-12(19-3)11(7-9)14(17)18/h4-5,7-8,10H,6H2,1-3H3,(H,15,16). The van der Waals surface area contributed by atoms with Crippen molar-refractivity contribution in [2.75, 3.05) is 7.11 Å². The fourth-order valence-electron chi connectivity index (χ4n) is 1.87. The Morgan fingerprint density at radius 2 is 2.11 bits per heavy atom. The molecule has 0 spiro atoms. The van der Waals surface area contributed by atoms with Gasteiger partial charge in [-0.1, -0.05) is 19.9 Å². The van der Waals surface area contributed by atoms with Gasteiger partial charge < -0.3 is 9.84 Å². The van der Waals surface area contributed by atoms with Gasteiger partial charge >= 0.3 is 11.7 Å². The van der Waals surface area contributed by atoms with Gasteiger partial charge in [-0.05, 0) is 24.0 Å². The summed E-state index contributed by atoms with van der Waals surface area (Å²) in [6, 6.07) is 4.52. The first-order chi connectivity index (χ1) is 8.86. The quantitative estimate of drug-likeness (QED) is 0.631. The Bertz CT molecular complexity index is 484. The van der Waals surface area contributed by atoms with Gasteiger partial charge in [-0.25, -0.2) is 0 Å². The van der Waals surface area contributed by atoms with Crippen molar-refractivity contribution < 1.29 is 19.6 Å². The number of carboxylic acid groups (broad SMARTS) is 1. The molecule has 1 unspecified atom stereocenters. The van der Waals surface area contributed by atoms with Gasteiger partial charge in [0.05, 0.1) is 18.0 Å². The van der Waals surface area contributed by atoms with E-state index in [4.69, 9.17) is 9.84 Å². The average molecular weight is 267 g/mol. The molecule has 0 bridgehead atoms. The lowest BCUT2D eigenvalue weighted by Gasteiger charge is -2.16. The summed E-state index contributed by atoms with van der Waals surface area (Å²) in [6.45, 7) is 3.63. The number of aliphatic carboxylic acids is 1. The molecule has 1 N–H and O–H groups in total. The first-order valence-corrected chi connectivity index (χ1v) is 5.91. The predicted molar refractivity (Wildman–Crippen MR) is 69.3 cm³/mol. The van der Waals surface area contributed by atoms with E-state index >= 15 is 0 Å². The first kappa shape index (κ1) is 14.9. The zero-order valence-corrected chi connectivity index (χ0v) is 11.1. The largest absolute Gasteiger partial charge is 0.490 e. The Hall–Kier alpha value is -2.11. The molecule has 0 amide bonds.